The summed E-state index contributed by atoms with van der Waals surface area (Å²) < 4.78 is 11.6. The Balaban J connectivity index is 2.06. The van der Waals surface area contributed by atoms with E-state index in [9.17, 15) is 0 Å². The Hall–Kier alpha value is -1.58. The van der Waals surface area contributed by atoms with Crippen molar-refractivity contribution in [2.45, 2.75) is 12.7 Å². The first-order chi connectivity index (χ1) is 9.40. The van der Waals surface area contributed by atoms with E-state index >= 15 is 0 Å². The molecule has 19 heavy (non-hydrogen) atoms. The molecule has 1 heterocycles. The zero-order valence-electron chi connectivity index (χ0n) is 10.5. The number of alkyl halides is 1. The van der Waals surface area contributed by atoms with E-state index in [1.54, 1.807) is 12.4 Å². The van der Waals surface area contributed by atoms with Crippen molar-refractivity contribution in [2.24, 2.45) is 0 Å². The fourth-order valence-corrected chi connectivity index (χ4v) is 1.70. The van der Waals surface area contributed by atoms with Gasteiger partial charge in [-0.2, -0.15) is 0 Å². The van der Waals surface area contributed by atoms with Gasteiger partial charge in [0.05, 0.1) is 12.8 Å². The second-order valence-electron chi connectivity index (χ2n) is 3.96. The van der Waals surface area contributed by atoms with E-state index in [-0.39, 0.29) is 0 Å². The minimum Gasteiger partial charge on any atom is -0.459 e. The first-order valence-corrected chi connectivity index (χ1v) is 6.73. The van der Waals surface area contributed by atoms with Crippen LogP contribution < -0.4 is 4.74 Å². The van der Waals surface area contributed by atoms with Gasteiger partial charge in [0.2, 0.25) is 6.29 Å². The van der Waals surface area contributed by atoms with Crippen LogP contribution in [0, 0.1) is 0 Å². The van der Waals surface area contributed by atoms with Crippen molar-refractivity contribution in [2.75, 3.05) is 12.5 Å². The van der Waals surface area contributed by atoms with Crippen LogP contribution in [-0.4, -0.2) is 17.5 Å². The average Bonchev–Trinajstić information content (AvgIpc) is 2.48. The van der Waals surface area contributed by atoms with Gasteiger partial charge in [-0.15, -0.1) is 11.6 Å². The van der Waals surface area contributed by atoms with Crippen LogP contribution in [0.25, 0.3) is 0 Å². The zero-order chi connectivity index (χ0) is 13.3. The van der Waals surface area contributed by atoms with Gasteiger partial charge in [0.15, 0.2) is 0 Å². The fourth-order valence-electron chi connectivity index (χ4n) is 1.59. The van der Waals surface area contributed by atoms with Gasteiger partial charge in [-0.05, 0) is 18.6 Å². The minimum atomic E-state index is -0.436. The topological polar surface area (TPSA) is 31.4 Å². The smallest absolute Gasteiger partial charge is 0.226 e. The second kappa shape index (κ2) is 7.77. The Morgan fingerprint density at radius 3 is 2.63 bits per heavy atom. The molecule has 0 saturated carbocycles. The monoisotopic (exact) mass is 277 g/mol. The first kappa shape index (κ1) is 13.8. The number of benzene rings is 1. The summed E-state index contributed by atoms with van der Waals surface area (Å²) in [6.07, 6.45) is 3.73. The summed E-state index contributed by atoms with van der Waals surface area (Å²) in [5.74, 6) is 1.26. The predicted octanol–water partition coefficient (Wildman–Crippen LogP) is 3.80. The SMILES string of the molecule is ClCCCOC(Oc1cccnc1)c1ccccc1. The molecule has 2 aromatic rings. The predicted molar refractivity (Wildman–Crippen MR) is 75.3 cm³/mol. The molecule has 0 aliphatic heterocycles. The van der Waals surface area contributed by atoms with Gasteiger partial charge in [-0.1, -0.05) is 30.3 Å². The van der Waals surface area contributed by atoms with Gasteiger partial charge >= 0.3 is 0 Å². The summed E-state index contributed by atoms with van der Waals surface area (Å²) in [5.41, 5.74) is 0.973. The van der Waals surface area contributed by atoms with Crippen LogP contribution in [0.4, 0.5) is 0 Å². The Kier molecular flexibility index (Phi) is 5.66. The summed E-state index contributed by atoms with van der Waals surface area (Å²) >= 11 is 5.66. The van der Waals surface area contributed by atoms with E-state index in [1.807, 2.05) is 42.5 Å². The molecule has 0 aliphatic rings. The van der Waals surface area contributed by atoms with Crippen molar-refractivity contribution in [3.63, 3.8) is 0 Å². The van der Waals surface area contributed by atoms with Crippen LogP contribution in [0.15, 0.2) is 54.9 Å². The third kappa shape index (κ3) is 4.54. The van der Waals surface area contributed by atoms with Crippen molar-refractivity contribution in [1.82, 2.24) is 4.98 Å². The first-order valence-electron chi connectivity index (χ1n) is 6.19. The van der Waals surface area contributed by atoms with Gasteiger partial charge < -0.3 is 9.47 Å². The number of halogens is 1. The summed E-state index contributed by atoms with van der Waals surface area (Å²) in [4.78, 5) is 4.03. The maximum absolute atomic E-state index is 5.82. The highest BCUT2D eigenvalue weighted by molar-refractivity contribution is 6.17. The van der Waals surface area contributed by atoms with E-state index < -0.39 is 6.29 Å². The molecule has 1 unspecified atom stereocenters. The van der Waals surface area contributed by atoms with E-state index in [0.717, 1.165) is 12.0 Å². The second-order valence-corrected chi connectivity index (χ2v) is 4.34. The Morgan fingerprint density at radius 2 is 1.95 bits per heavy atom. The lowest BCUT2D eigenvalue weighted by Gasteiger charge is -2.19. The Morgan fingerprint density at radius 1 is 1.11 bits per heavy atom. The van der Waals surface area contributed by atoms with Gasteiger partial charge in [0.1, 0.15) is 5.75 Å². The molecule has 0 fully saturated rings. The molecule has 3 nitrogen and oxygen atoms in total. The van der Waals surface area contributed by atoms with Crippen LogP contribution in [0.5, 0.6) is 5.75 Å². The zero-order valence-corrected chi connectivity index (χ0v) is 11.3. The van der Waals surface area contributed by atoms with E-state index in [2.05, 4.69) is 4.98 Å². The maximum Gasteiger partial charge on any atom is 0.226 e. The molecule has 4 heteroatoms. The van der Waals surface area contributed by atoms with Crippen LogP contribution in [-0.2, 0) is 4.74 Å². The fraction of sp³-hybridized carbons (Fsp3) is 0.267. The normalized spacial score (nSPS) is 12.1. The number of hydrogen-bond acceptors (Lipinski definition) is 3. The van der Waals surface area contributed by atoms with Gasteiger partial charge in [-0.25, -0.2) is 0 Å². The summed E-state index contributed by atoms with van der Waals surface area (Å²) in [6.45, 7) is 0.559. The molecular formula is C15H16ClNO2. The largest absolute Gasteiger partial charge is 0.459 e. The molecule has 1 atom stereocenters. The highest BCUT2D eigenvalue weighted by Gasteiger charge is 2.13. The molecule has 0 N–H and O–H groups in total. The highest BCUT2D eigenvalue weighted by atomic mass is 35.5. The highest BCUT2D eigenvalue weighted by Crippen LogP contribution is 2.22. The van der Waals surface area contributed by atoms with E-state index in [0.29, 0.717) is 18.2 Å². The third-order valence-electron chi connectivity index (χ3n) is 2.50. The van der Waals surface area contributed by atoms with Crippen molar-refractivity contribution in [3.05, 3.63) is 60.4 Å². The molecule has 100 valence electrons. The molecule has 0 bridgehead atoms. The molecular weight excluding hydrogens is 262 g/mol. The van der Waals surface area contributed by atoms with Gasteiger partial charge in [0.25, 0.3) is 0 Å². The summed E-state index contributed by atoms with van der Waals surface area (Å²) in [5, 5.41) is 0. The Bertz CT molecular complexity index is 464. The van der Waals surface area contributed by atoms with Crippen molar-refractivity contribution < 1.29 is 9.47 Å². The maximum atomic E-state index is 5.82. The number of aromatic nitrogens is 1. The standard InChI is InChI=1S/C15H16ClNO2/c16-9-5-11-18-15(13-6-2-1-3-7-13)19-14-8-4-10-17-12-14/h1-4,6-8,10,12,15H,5,9,11H2. The van der Waals surface area contributed by atoms with E-state index in [4.69, 9.17) is 21.1 Å². The molecule has 0 spiro atoms. The summed E-state index contributed by atoms with van der Waals surface area (Å²) in [7, 11) is 0. The quantitative estimate of drug-likeness (QED) is 0.438. The lowest BCUT2D eigenvalue weighted by atomic mass is 10.2. The molecule has 0 aliphatic carbocycles. The van der Waals surface area contributed by atoms with Crippen LogP contribution in [0.3, 0.4) is 0 Å². The Labute approximate surface area is 118 Å². The lowest BCUT2D eigenvalue weighted by molar-refractivity contribution is -0.0833. The number of rotatable bonds is 7. The molecule has 0 radical (unpaired) electrons. The van der Waals surface area contributed by atoms with E-state index in [1.165, 1.54) is 0 Å². The molecule has 1 aromatic heterocycles. The average molecular weight is 278 g/mol. The van der Waals surface area contributed by atoms with Crippen molar-refractivity contribution in [1.29, 1.82) is 0 Å². The van der Waals surface area contributed by atoms with Crippen molar-refractivity contribution >= 4 is 11.6 Å². The van der Waals surface area contributed by atoms with Crippen LogP contribution in [0.2, 0.25) is 0 Å². The number of hydrogen-bond donors (Lipinski definition) is 0. The van der Waals surface area contributed by atoms with Crippen LogP contribution in [0.1, 0.15) is 18.3 Å². The third-order valence-corrected chi connectivity index (χ3v) is 2.76. The number of ether oxygens (including phenoxy) is 2. The molecule has 0 saturated heterocycles. The molecule has 1 aromatic carbocycles. The van der Waals surface area contributed by atoms with Crippen LogP contribution >= 0.6 is 11.6 Å². The molecule has 0 amide bonds. The minimum absolute atomic E-state index is 0.436. The summed E-state index contributed by atoms with van der Waals surface area (Å²) in [6, 6.07) is 13.5. The lowest BCUT2D eigenvalue weighted by Crippen LogP contribution is -2.13. The van der Waals surface area contributed by atoms with Gasteiger partial charge in [-0.3, -0.25) is 4.98 Å². The number of pyridine rings is 1. The molecule has 2 rings (SSSR count). The number of nitrogens with zero attached hydrogens (tertiary/aromatic N) is 1. The van der Waals surface area contributed by atoms with Gasteiger partial charge in [0, 0.05) is 17.6 Å². The van der Waals surface area contributed by atoms with Crippen molar-refractivity contribution in [3.8, 4) is 5.75 Å².